The fourth-order valence-corrected chi connectivity index (χ4v) is 4.75. The van der Waals surface area contributed by atoms with E-state index in [-0.39, 0.29) is 28.4 Å². The van der Waals surface area contributed by atoms with E-state index in [0.29, 0.717) is 0 Å². The second-order valence-electron chi connectivity index (χ2n) is 10.5. The van der Waals surface area contributed by atoms with Gasteiger partial charge in [-0.1, -0.05) is 33.6 Å². The molecule has 1 heterocycles. The molecule has 2 rings (SSSR count). The Morgan fingerprint density at radius 2 is 1.76 bits per heavy atom. The first-order valence-electron chi connectivity index (χ1n) is 10.6. The fourth-order valence-electron chi connectivity index (χ4n) is 3.37. The van der Waals surface area contributed by atoms with E-state index in [1.165, 1.54) is 0 Å². The van der Waals surface area contributed by atoms with Gasteiger partial charge in [0.15, 0.2) is 8.32 Å². The van der Waals surface area contributed by atoms with Crippen LogP contribution < -0.4 is 10.9 Å². The normalized spacial score (nSPS) is 21.0. The van der Waals surface area contributed by atoms with E-state index in [0.717, 1.165) is 25.7 Å². The highest BCUT2D eigenvalue weighted by Crippen LogP contribution is 2.41. The smallest absolute Gasteiger partial charge is 0.412 e. The van der Waals surface area contributed by atoms with Gasteiger partial charge in [0.05, 0.1) is 12.1 Å². The van der Waals surface area contributed by atoms with E-state index < -0.39 is 20.0 Å². The summed E-state index contributed by atoms with van der Waals surface area (Å²) in [7, 11) is -1.96. The number of nitrogens with one attached hydrogen (secondary N) is 1. The zero-order valence-electron chi connectivity index (χ0n) is 19.3. The minimum atomic E-state index is -1.96. The molecule has 1 aromatic rings. The van der Waals surface area contributed by atoms with Crippen molar-refractivity contribution in [3.8, 4) is 0 Å². The third-order valence-electron chi connectivity index (χ3n) is 5.89. The summed E-state index contributed by atoms with van der Waals surface area (Å²) in [5.74, 6) is 0. The third-order valence-corrected chi connectivity index (χ3v) is 10.4. The second-order valence-corrected chi connectivity index (χ2v) is 15.3. The van der Waals surface area contributed by atoms with E-state index in [1.807, 2.05) is 0 Å². The van der Waals surface area contributed by atoms with Gasteiger partial charge in [0, 0.05) is 6.20 Å². The molecule has 0 spiro atoms. The summed E-state index contributed by atoms with van der Waals surface area (Å²) in [4.78, 5) is 25.3. The molecular formula is C22H38N2O4Si. The minimum absolute atomic E-state index is 0.0131. The Kier molecular flexibility index (Phi) is 7.05. The van der Waals surface area contributed by atoms with Gasteiger partial charge in [0.25, 0.3) is 5.56 Å². The molecule has 1 fully saturated rings. The molecule has 1 saturated carbocycles. The van der Waals surface area contributed by atoms with E-state index in [4.69, 9.17) is 9.16 Å². The average molecular weight is 423 g/mol. The largest absolute Gasteiger partial charge is 0.444 e. The van der Waals surface area contributed by atoms with Gasteiger partial charge in [-0.3, -0.25) is 10.1 Å². The van der Waals surface area contributed by atoms with Gasteiger partial charge in [0.2, 0.25) is 0 Å². The van der Waals surface area contributed by atoms with Crippen LogP contribution in [0.2, 0.25) is 18.1 Å². The molecule has 1 aliphatic rings. The molecule has 1 N–H and O–H groups in total. The van der Waals surface area contributed by atoms with Crippen LogP contribution in [0.1, 0.15) is 73.3 Å². The molecule has 0 aromatic carbocycles. The van der Waals surface area contributed by atoms with Crippen LogP contribution in [0.4, 0.5) is 10.5 Å². The van der Waals surface area contributed by atoms with Crippen molar-refractivity contribution in [3.63, 3.8) is 0 Å². The van der Waals surface area contributed by atoms with Gasteiger partial charge in [-0.05, 0) is 63.9 Å². The Morgan fingerprint density at radius 3 is 2.34 bits per heavy atom. The molecule has 6 nitrogen and oxygen atoms in total. The third kappa shape index (κ3) is 6.19. The number of aromatic nitrogens is 1. The van der Waals surface area contributed by atoms with Crippen molar-refractivity contribution in [3.05, 3.63) is 28.7 Å². The van der Waals surface area contributed by atoms with Crippen LogP contribution in [0, 0.1) is 0 Å². The molecule has 29 heavy (non-hydrogen) atoms. The molecule has 0 aliphatic heterocycles. The fraction of sp³-hybridized carbons (Fsp3) is 0.727. The van der Waals surface area contributed by atoms with Crippen LogP contribution >= 0.6 is 0 Å². The van der Waals surface area contributed by atoms with Crippen molar-refractivity contribution in [2.75, 3.05) is 5.32 Å². The summed E-state index contributed by atoms with van der Waals surface area (Å²) in [6.07, 6.45) is 5.23. The molecular weight excluding hydrogens is 384 g/mol. The van der Waals surface area contributed by atoms with Gasteiger partial charge >= 0.3 is 6.09 Å². The lowest BCUT2D eigenvalue weighted by Crippen LogP contribution is -2.48. The molecule has 164 valence electrons. The quantitative estimate of drug-likeness (QED) is 0.632. The zero-order valence-corrected chi connectivity index (χ0v) is 20.3. The van der Waals surface area contributed by atoms with Crippen molar-refractivity contribution >= 4 is 20.1 Å². The first kappa shape index (κ1) is 23.7. The summed E-state index contributed by atoms with van der Waals surface area (Å²) in [6.45, 7) is 16.6. The Morgan fingerprint density at radius 1 is 1.14 bits per heavy atom. The monoisotopic (exact) mass is 422 g/mol. The van der Waals surface area contributed by atoms with Crippen molar-refractivity contribution in [1.29, 1.82) is 0 Å². The molecule has 1 unspecified atom stereocenters. The maximum atomic E-state index is 13.1. The number of anilines is 1. The van der Waals surface area contributed by atoms with Crippen LogP contribution in [-0.4, -0.2) is 30.7 Å². The summed E-state index contributed by atoms with van der Waals surface area (Å²) in [5, 5.41) is 2.72. The average Bonchev–Trinajstić information content (AvgIpc) is 2.54. The van der Waals surface area contributed by atoms with Crippen molar-refractivity contribution < 1.29 is 14.0 Å². The Hall–Kier alpha value is -1.60. The van der Waals surface area contributed by atoms with Crippen LogP contribution in [0.15, 0.2) is 23.1 Å². The van der Waals surface area contributed by atoms with Gasteiger partial charge < -0.3 is 13.7 Å². The van der Waals surface area contributed by atoms with Crippen LogP contribution in [-0.2, 0) is 9.16 Å². The van der Waals surface area contributed by atoms with Gasteiger partial charge in [-0.25, -0.2) is 4.79 Å². The van der Waals surface area contributed by atoms with Crippen LogP contribution in [0.3, 0.4) is 0 Å². The van der Waals surface area contributed by atoms with Crippen molar-refractivity contribution in [2.24, 2.45) is 0 Å². The van der Waals surface area contributed by atoms with E-state index in [9.17, 15) is 9.59 Å². The summed E-state index contributed by atoms with van der Waals surface area (Å²) >= 11 is 0. The maximum absolute atomic E-state index is 13.1. The predicted octanol–water partition coefficient (Wildman–Crippen LogP) is 5.70. The number of pyridine rings is 1. The van der Waals surface area contributed by atoms with E-state index >= 15 is 0 Å². The lowest BCUT2D eigenvalue weighted by molar-refractivity contribution is 0.0635. The number of nitrogens with zero attached hydrogens (tertiary/aromatic N) is 1. The molecule has 0 saturated heterocycles. The minimum Gasteiger partial charge on any atom is -0.444 e. The standard InChI is InChI=1S/C22H38N2O4Si/c1-21(2,3)27-20(26)23-16-12-11-15-24(19(16)25)17-13-9-10-14-18(17)28-29(7,8)22(4,5)6/h11-12,15,17-18H,9-10,13-14H2,1-8H3,(H,23,26)/t17-,18?/m0/s1. The zero-order chi connectivity index (χ0) is 22.0. The Bertz CT molecular complexity index is 774. The molecule has 0 radical (unpaired) electrons. The van der Waals surface area contributed by atoms with Gasteiger partial charge in [-0.2, -0.15) is 0 Å². The Labute approximate surface area is 176 Å². The summed E-state index contributed by atoms with van der Waals surface area (Å²) in [5.41, 5.74) is -0.601. The summed E-state index contributed by atoms with van der Waals surface area (Å²) in [6, 6.07) is 3.40. The number of carbonyl (C=O) groups excluding carboxylic acids is 1. The number of hydrogen-bond acceptors (Lipinski definition) is 4. The number of rotatable bonds is 4. The lowest BCUT2D eigenvalue weighted by atomic mass is 9.92. The second kappa shape index (κ2) is 8.64. The van der Waals surface area contributed by atoms with Crippen molar-refractivity contribution in [2.45, 2.75) is 103 Å². The van der Waals surface area contributed by atoms with E-state index in [1.54, 1.807) is 43.7 Å². The van der Waals surface area contributed by atoms with Crippen LogP contribution in [0.25, 0.3) is 0 Å². The predicted molar refractivity (Wildman–Crippen MR) is 120 cm³/mol. The topological polar surface area (TPSA) is 69.6 Å². The molecule has 7 heteroatoms. The highest BCUT2D eigenvalue weighted by Gasteiger charge is 2.41. The number of amides is 1. The highest BCUT2D eigenvalue weighted by molar-refractivity contribution is 6.74. The maximum Gasteiger partial charge on any atom is 0.412 e. The Balaban J connectivity index is 2.27. The highest BCUT2D eigenvalue weighted by atomic mass is 28.4. The first-order chi connectivity index (χ1) is 13.2. The lowest BCUT2D eigenvalue weighted by Gasteiger charge is -2.43. The SMILES string of the molecule is CC(C)(C)OC(=O)Nc1cccn([C@H]2CCCCC2O[Si](C)(C)C(C)(C)C)c1=O. The molecule has 0 bridgehead atoms. The molecule has 1 amide bonds. The number of hydrogen-bond donors (Lipinski definition) is 1. The number of ether oxygens (including phenoxy) is 1. The molecule has 1 aliphatic carbocycles. The van der Waals surface area contributed by atoms with E-state index in [2.05, 4.69) is 39.2 Å². The van der Waals surface area contributed by atoms with Gasteiger partial charge in [0.1, 0.15) is 11.3 Å². The number of carbonyl (C=O) groups is 1. The van der Waals surface area contributed by atoms with Crippen LogP contribution in [0.5, 0.6) is 0 Å². The van der Waals surface area contributed by atoms with Gasteiger partial charge in [-0.15, -0.1) is 0 Å². The summed E-state index contributed by atoms with van der Waals surface area (Å²) < 4.78 is 13.7. The first-order valence-corrected chi connectivity index (χ1v) is 13.5. The van der Waals surface area contributed by atoms with Crippen molar-refractivity contribution in [1.82, 2.24) is 4.57 Å². The molecule has 2 atom stereocenters. The molecule has 1 aromatic heterocycles.